The van der Waals surface area contributed by atoms with Crippen molar-refractivity contribution in [2.45, 2.75) is 12.3 Å². The second-order valence-corrected chi connectivity index (χ2v) is 7.47. The molecule has 2 atom stereocenters. The molecular formula is C24H17N3O3. The van der Waals surface area contributed by atoms with Gasteiger partial charge in [-0.25, -0.2) is 4.98 Å². The summed E-state index contributed by atoms with van der Waals surface area (Å²) in [4.78, 5) is 33.7. The molecular weight excluding hydrogens is 378 g/mol. The van der Waals surface area contributed by atoms with E-state index in [1.165, 1.54) is 4.57 Å². The zero-order valence-corrected chi connectivity index (χ0v) is 15.9. The van der Waals surface area contributed by atoms with Crippen LogP contribution in [0.2, 0.25) is 0 Å². The zero-order chi connectivity index (χ0) is 20.2. The first-order valence-electron chi connectivity index (χ1n) is 9.84. The molecule has 0 aliphatic carbocycles. The van der Waals surface area contributed by atoms with Gasteiger partial charge in [-0.1, -0.05) is 54.6 Å². The molecule has 6 rings (SSSR count). The molecule has 1 fully saturated rings. The molecule has 6 nitrogen and oxygen atoms in total. The number of carbonyl (C=O) groups excluding carboxylic acids is 1. The fourth-order valence-electron chi connectivity index (χ4n) is 4.42. The lowest BCUT2D eigenvalue weighted by Crippen LogP contribution is -2.33. The summed E-state index contributed by atoms with van der Waals surface area (Å²) in [5.74, 6) is 0.256. The summed E-state index contributed by atoms with van der Waals surface area (Å²) in [6.07, 6.45) is -0.743. The van der Waals surface area contributed by atoms with Crippen LogP contribution >= 0.6 is 0 Å². The molecule has 0 unspecified atom stereocenters. The minimum atomic E-state index is -0.743. The first kappa shape index (κ1) is 17.1. The molecule has 3 heterocycles. The Hall–Kier alpha value is -3.77. The molecule has 30 heavy (non-hydrogen) atoms. The number of ether oxygens (including phenoxy) is 1. The summed E-state index contributed by atoms with van der Waals surface area (Å²) in [6.45, 7) is 0.339. The Kier molecular flexibility index (Phi) is 3.63. The Bertz CT molecular complexity index is 1360. The van der Waals surface area contributed by atoms with Crippen LogP contribution in [0.4, 0.5) is 0 Å². The van der Waals surface area contributed by atoms with Gasteiger partial charge in [0, 0.05) is 0 Å². The quantitative estimate of drug-likeness (QED) is 0.494. The number of para-hydroxylation sites is 2. The molecule has 2 aliphatic heterocycles. The first-order chi connectivity index (χ1) is 14.7. The molecule has 1 saturated heterocycles. The second-order valence-electron chi connectivity index (χ2n) is 7.47. The van der Waals surface area contributed by atoms with E-state index in [4.69, 9.17) is 9.72 Å². The van der Waals surface area contributed by atoms with Gasteiger partial charge in [0.25, 0.3) is 11.5 Å². The summed E-state index contributed by atoms with van der Waals surface area (Å²) >= 11 is 0. The van der Waals surface area contributed by atoms with Gasteiger partial charge >= 0.3 is 0 Å². The molecule has 4 aromatic rings. The van der Waals surface area contributed by atoms with E-state index in [1.54, 1.807) is 23.1 Å². The SMILES string of the molecule is O=C1c2ccccc2-n2c(nc3ccccc3c2=O)[C@@H]2OC[C@@H](c3ccccc3)N12. The Morgan fingerprint density at radius 2 is 1.60 bits per heavy atom. The standard InChI is InChI=1S/C24H17N3O3/c28-22-16-10-4-6-12-18(16)25-21-24-27(20(14-30-24)15-8-2-1-3-9-15)23(29)17-11-5-7-13-19(17)26(21)22/h1-13,20,24H,14H2/t20-,24-/m0/s1. The molecule has 0 spiro atoms. The van der Waals surface area contributed by atoms with E-state index in [0.29, 0.717) is 34.6 Å². The number of nitrogens with zero attached hydrogens (tertiary/aromatic N) is 3. The van der Waals surface area contributed by atoms with Gasteiger partial charge in [-0.05, 0) is 29.8 Å². The van der Waals surface area contributed by atoms with E-state index in [1.807, 2.05) is 60.7 Å². The maximum absolute atomic E-state index is 13.7. The van der Waals surface area contributed by atoms with Gasteiger partial charge in [0.05, 0.1) is 34.8 Å². The monoisotopic (exact) mass is 395 g/mol. The zero-order valence-electron chi connectivity index (χ0n) is 15.9. The van der Waals surface area contributed by atoms with E-state index in [9.17, 15) is 9.59 Å². The molecule has 2 aliphatic rings. The maximum atomic E-state index is 13.7. The average molecular weight is 395 g/mol. The fraction of sp³-hybridized carbons (Fsp3) is 0.125. The maximum Gasteiger partial charge on any atom is 0.266 e. The van der Waals surface area contributed by atoms with Crippen LogP contribution in [0.5, 0.6) is 0 Å². The molecule has 3 aromatic carbocycles. The van der Waals surface area contributed by atoms with Crippen LogP contribution in [0, 0.1) is 0 Å². The van der Waals surface area contributed by atoms with Gasteiger partial charge in [0.2, 0.25) is 0 Å². The number of carbonyl (C=O) groups is 1. The minimum absolute atomic E-state index is 0.170. The molecule has 0 saturated carbocycles. The van der Waals surface area contributed by atoms with Crippen LogP contribution in [-0.4, -0.2) is 27.0 Å². The Morgan fingerprint density at radius 3 is 2.47 bits per heavy atom. The smallest absolute Gasteiger partial charge is 0.266 e. The van der Waals surface area contributed by atoms with Crippen molar-refractivity contribution < 1.29 is 9.53 Å². The molecule has 146 valence electrons. The Balaban J connectivity index is 1.67. The minimum Gasteiger partial charge on any atom is -0.348 e. The van der Waals surface area contributed by atoms with E-state index < -0.39 is 6.23 Å². The van der Waals surface area contributed by atoms with Crippen molar-refractivity contribution in [1.29, 1.82) is 0 Å². The molecule has 1 aromatic heterocycles. The predicted molar refractivity (Wildman–Crippen MR) is 111 cm³/mol. The summed E-state index contributed by atoms with van der Waals surface area (Å²) in [5, 5.41) is 0.509. The van der Waals surface area contributed by atoms with Crippen molar-refractivity contribution in [2.24, 2.45) is 0 Å². The number of benzene rings is 3. The summed E-state index contributed by atoms with van der Waals surface area (Å²) in [5.41, 5.74) is 2.37. The van der Waals surface area contributed by atoms with Crippen molar-refractivity contribution in [1.82, 2.24) is 14.5 Å². The largest absolute Gasteiger partial charge is 0.348 e. The molecule has 0 bridgehead atoms. The van der Waals surface area contributed by atoms with E-state index in [2.05, 4.69) is 0 Å². The number of rotatable bonds is 1. The third-order valence-corrected chi connectivity index (χ3v) is 5.82. The van der Waals surface area contributed by atoms with Crippen molar-refractivity contribution in [3.8, 4) is 5.69 Å². The molecule has 1 amide bonds. The van der Waals surface area contributed by atoms with E-state index in [-0.39, 0.29) is 17.5 Å². The van der Waals surface area contributed by atoms with Gasteiger partial charge in [-0.3, -0.25) is 19.1 Å². The molecule has 6 heteroatoms. The van der Waals surface area contributed by atoms with Gasteiger partial charge < -0.3 is 4.74 Å². The highest BCUT2D eigenvalue weighted by Gasteiger charge is 2.45. The average Bonchev–Trinajstić information content (AvgIpc) is 3.20. The lowest BCUT2D eigenvalue weighted by atomic mass is 10.1. The second kappa shape index (κ2) is 6.37. The number of hydrogen-bond donors (Lipinski definition) is 0. The normalized spacial score (nSPS) is 19.9. The third kappa shape index (κ3) is 2.31. The van der Waals surface area contributed by atoms with E-state index in [0.717, 1.165) is 5.56 Å². The fourth-order valence-corrected chi connectivity index (χ4v) is 4.42. The van der Waals surface area contributed by atoms with E-state index >= 15 is 0 Å². The van der Waals surface area contributed by atoms with Crippen LogP contribution < -0.4 is 5.56 Å². The van der Waals surface area contributed by atoms with Crippen molar-refractivity contribution in [2.75, 3.05) is 6.61 Å². The van der Waals surface area contributed by atoms with Gasteiger partial charge in [0.15, 0.2) is 12.1 Å². The van der Waals surface area contributed by atoms with Crippen LogP contribution in [-0.2, 0) is 4.74 Å². The van der Waals surface area contributed by atoms with Gasteiger partial charge in [-0.2, -0.15) is 0 Å². The number of hydrogen-bond acceptors (Lipinski definition) is 4. The van der Waals surface area contributed by atoms with Crippen LogP contribution in [0.1, 0.15) is 34.0 Å². The van der Waals surface area contributed by atoms with Gasteiger partial charge in [0.1, 0.15) is 0 Å². The number of amides is 1. The topological polar surface area (TPSA) is 64.4 Å². The highest BCUT2D eigenvalue weighted by atomic mass is 16.5. The number of fused-ring (bicyclic) bond motifs is 6. The first-order valence-corrected chi connectivity index (χ1v) is 9.84. The molecule has 0 N–H and O–H groups in total. The molecule has 0 radical (unpaired) electrons. The Labute approximate surface area is 172 Å². The van der Waals surface area contributed by atoms with Crippen LogP contribution in [0.25, 0.3) is 16.6 Å². The summed E-state index contributed by atoms with van der Waals surface area (Å²) in [6, 6.07) is 24.0. The lowest BCUT2D eigenvalue weighted by molar-refractivity contribution is 0.0203. The van der Waals surface area contributed by atoms with Gasteiger partial charge in [-0.15, -0.1) is 0 Å². The predicted octanol–water partition coefficient (Wildman–Crippen LogP) is 3.61. The van der Waals surface area contributed by atoms with Crippen molar-refractivity contribution in [3.63, 3.8) is 0 Å². The highest BCUT2D eigenvalue weighted by Crippen LogP contribution is 2.42. The van der Waals surface area contributed by atoms with Crippen molar-refractivity contribution >= 4 is 16.8 Å². The highest BCUT2D eigenvalue weighted by molar-refractivity contribution is 5.99. The lowest BCUT2D eigenvalue weighted by Gasteiger charge is -2.26. The van der Waals surface area contributed by atoms with Crippen LogP contribution in [0.15, 0.2) is 83.7 Å². The summed E-state index contributed by atoms with van der Waals surface area (Å²) in [7, 11) is 0. The Morgan fingerprint density at radius 1 is 0.867 bits per heavy atom. The van der Waals surface area contributed by atoms with Crippen molar-refractivity contribution in [3.05, 3.63) is 106 Å². The third-order valence-electron chi connectivity index (χ3n) is 5.82. The van der Waals surface area contributed by atoms with Crippen LogP contribution in [0.3, 0.4) is 0 Å². The number of aromatic nitrogens is 2. The summed E-state index contributed by atoms with van der Waals surface area (Å²) < 4.78 is 7.65.